The van der Waals surface area contributed by atoms with E-state index in [4.69, 9.17) is 0 Å². The maximum atomic E-state index is 10.8. The second-order valence-corrected chi connectivity index (χ2v) is 5.31. The van der Waals surface area contributed by atoms with Gasteiger partial charge in [0.2, 0.25) is 6.41 Å². The number of hydrogen-bond acceptors (Lipinski definition) is 4. The first-order chi connectivity index (χ1) is 8.61. The van der Waals surface area contributed by atoms with Crippen molar-refractivity contribution in [3.63, 3.8) is 0 Å². The molecule has 18 heavy (non-hydrogen) atoms. The van der Waals surface area contributed by atoms with Crippen LogP contribution in [0.1, 0.15) is 6.92 Å². The van der Waals surface area contributed by atoms with E-state index in [9.17, 15) is 13.6 Å². The predicted octanol–water partition coefficient (Wildman–Crippen LogP) is 0.591. The van der Waals surface area contributed by atoms with Crippen molar-refractivity contribution < 1.29 is 13.6 Å². The van der Waals surface area contributed by atoms with Gasteiger partial charge >= 0.3 is 0 Å². The molecule has 2 atom stereocenters. The van der Waals surface area contributed by atoms with Crippen LogP contribution in [0.2, 0.25) is 0 Å². The lowest BCUT2D eigenvalue weighted by Crippen LogP contribution is -2.51. The van der Waals surface area contributed by atoms with Gasteiger partial charge in [0.25, 0.3) is 0 Å². The molecule has 1 heterocycles. The van der Waals surface area contributed by atoms with Gasteiger partial charge in [0, 0.05) is 36.3 Å². The molecule has 1 aromatic carbocycles. The molecular weight excluding hydrogens is 252 g/mol. The number of benzene rings is 1. The fraction of sp³-hybridized carbons (Fsp3) is 0.417. The summed E-state index contributed by atoms with van der Waals surface area (Å²) < 4.78 is 21.5. The van der Waals surface area contributed by atoms with Crippen LogP contribution in [0.3, 0.4) is 0 Å². The molecular formula is C12H15N2O3S-. The van der Waals surface area contributed by atoms with Crippen molar-refractivity contribution in [2.24, 2.45) is 0 Å². The second kappa shape index (κ2) is 5.49. The summed E-state index contributed by atoms with van der Waals surface area (Å²) >= 11 is -2.18. The van der Waals surface area contributed by atoms with Crippen LogP contribution in [0.4, 0.5) is 5.69 Å². The minimum absolute atomic E-state index is 0.171. The molecule has 0 aliphatic carbocycles. The molecule has 2 rings (SSSR count). The third kappa shape index (κ3) is 2.70. The Balaban J connectivity index is 2.08. The maximum absolute atomic E-state index is 10.8. The topological polar surface area (TPSA) is 63.7 Å². The third-order valence-corrected chi connectivity index (χ3v) is 3.87. The van der Waals surface area contributed by atoms with Crippen LogP contribution >= 0.6 is 0 Å². The molecule has 98 valence electrons. The summed E-state index contributed by atoms with van der Waals surface area (Å²) in [6.45, 7) is 4.23. The summed E-state index contributed by atoms with van der Waals surface area (Å²) in [5.41, 5.74) is 0.988. The largest absolute Gasteiger partial charge is 0.768 e. The highest BCUT2D eigenvalue weighted by Gasteiger charge is 2.22. The molecule has 2 unspecified atom stereocenters. The van der Waals surface area contributed by atoms with Crippen molar-refractivity contribution in [1.82, 2.24) is 4.90 Å². The van der Waals surface area contributed by atoms with Gasteiger partial charge in [-0.3, -0.25) is 9.00 Å². The zero-order valence-corrected chi connectivity index (χ0v) is 10.9. The number of amides is 1. The van der Waals surface area contributed by atoms with Gasteiger partial charge < -0.3 is 14.4 Å². The van der Waals surface area contributed by atoms with Gasteiger partial charge in [0.05, 0.1) is 0 Å². The molecule has 0 spiro atoms. The first-order valence-electron chi connectivity index (χ1n) is 5.77. The molecule has 0 bridgehead atoms. The number of rotatable bonds is 3. The van der Waals surface area contributed by atoms with Crippen molar-refractivity contribution in [1.29, 1.82) is 0 Å². The molecule has 5 nitrogen and oxygen atoms in total. The quantitative estimate of drug-likeness (QED) is 0.594. The lowest BCUT2D eigenvalue weighted by Gasteiger charge is -2.39. The van der Waals surface area contributed by atoms with Gasteiger partial charge in [-0.05, 0) is 42.3 Å². The monoisotopic (exact) mass is 267 g/mol. The molecule has 1 aliphatic rings. The summed E-state index contributed by atoms with van der Waals surface area (Å²) in [6, 6.07) is 6.96. The van der Waals surface area contributed by atoms with E-state index in [1.807, 2.05) is 6.92 Å². The molecule has 0 N–H and O–H groups in total. The van der Waals surface area contributed by atoms with Gasteiger partial charge in [-0.15, -0.1) is 0 Å². The van der Waals surface area contributed by atoms with Crippen LogP contribution < -0.4 is 4.90 Å². The van der Waals surface area contributed by atoms with E-state index in [0.717, 1.165) is 25.2 Å². The SMILES string of the molecule is CC1CN(c2ccc(S(=O)[O-])cc2)CCN1C=O. The Hall–Kier alpha value is -1.40. The number of nitrogens with zero attached hydrogens (tertiary/aromatic N) is 2. The summed E-state index contributed by atoms with van der Waals surface area (Å²) in [5, 5.41) is 0. The van der Waals surface area contributed by atoms with Crippen molar-refractivity contribution in [3.05, 3.63) is 24.3 Å². The molecule has 0 saturated carbocycles. The normalized spacial score (nSPS) is 21.8. The molecule has 6 heteroatoms. The highest BCUT2D eigenvalue weighted by atomic mass is 32.2. The first-order valence-corrected chi connectivity index (χ1v) is 6.84. The fourth-order valence-electron chi connectivity index (χ4n) is 2.13. The van der Waals surface area contributed by atoms with E-state index in [-0.39, 0.29) is 6.04 Å². The molecule has 1 aromatic rings. The molecule has 1 aliphatic heterocycles. The van der Waals surface area contributed by atoms with Gasteiger partial charge in [0.1, 0.15) is 0 Å². The van der Waals surface area contributed by atoms with Crippen LogP contribution in [0, 0.1) is 0 Å². The number of carbonyl (C=O) groups is 1. The van der Waals surface area contributed by atoms with Gasteiger partial charge in [-0.25, -0.2) is 0 Å². The minimum atomic E-state index is -2.18. The lowest BCUT2D eigenvalue weighted by atomic mass is 10.2. The number of carbonyl (C=O) groups excluding carboxylic acids is 1. The molecule has 1 fully saturated rings. The molecule has 1 saturated heterocycles. The van der Waals surface area contributed by atoms with E-state index in [0.29, 0.717) is 11.4 Å². The smallest absolute Gasteiger partial charge is 0.210 e. The van der Waals surface area contributed by atoms with Crippen molar-refractivity contribution in [2.45, 2.75) is 17.9 Å². The number of piperazine rings is 1. The van der Waals surface area contributed by atoms with Crippen LogP contribution in [-0.2, 0) is 15.9 Å². The second-order valence-electron chi connectivity index (χ2n) is 4.37. The van der Waals surface area contributed by atoms with Crippen LogP contribution in [0.5, 0.6) is 0 Å². The average molecular weight is 267 g/mol. The predicted molar refractivity (Wildman–Crippen MR) is 68.1 cm³/mol. The summed E-state index contributed by atoms with van der Waals surface area (Å²) in [5.74, 6) is 0. The van der Waals surface area contributed by atoms with E-state index < -0.39 is 11.1 Å². The zero-order chi connectivity index (χ0) is 13.1. The van der Waals surface area contributed by atoms with Gasteiger partial charge in [-0.1, -0.05) is 0 Å². The van der Waals surface area contributed by atoms with Crippen molar-refractivity contribution in [2.75, 3.05) is 24.5 Å². The Kier molecular flexibility index (Phi) is 3.98. The first kappa shape index (κ1) is 13.0. The Morgan fingerprint density at radius 1 is 1.33 bits per heavy atom. The van der Waals surface area contributed by atoms with Crippen LogP contribution in [-0.4, -0.2) is 45.7 Å². The highest BCUT2D eigenvalue weighted by Crippen LogP contribution is 2.20. The molecule has 1 amide bonds. The summed E-state index contributed by atoms with van der Waals surface area (Å²) in [6.07, 6.45) is 0.881. The Morgan fingerprint density at radius 3 is 2.50 bits per heavy atom. The molecule has 0 aromatic heterocycles. The van der Waals surface area contributed by atoms with Gasteiger partial charge in [-0.2, -0.15) is 0 Å². The Bertz CT molecular complexity index is 449. The number of hydrogen-bond donors (Lipinski definition) is 0. The fourth-order valence-corrected chi connectivity index (χ4v) is 2.49. The van der Waals surface area contributed by atoms with Crippen LogP contribution in [0.25, 0.3) is 0 Å². The standard InChI is InChI=1S/C12H16N2O3S/c1-10-8-13(6-7-14(10)9-15)11-2-4-12(5-3-11)18(16)17/h2-5,9-10H,6-8H2,1H3,(H,16,17)/p-1. The minimum Gasteiger partial charge on any atom is -0.768 e. The van der Waals surface area contributed by atoms with Crippen molar-refractivity contribution >= 4 is 23.2 Å². The maximum Gasteiger partial charge on any atom is 0.210 e. The third-order valence-electron chi connectivity index (χ3n) is 3.21. The van der Waals surface area contributed by atoms with E-state index in [1.165, 1.54) is 0 Å². The summed E-state index contributed by atoms with van der Waals surface area (Å²) in [7, 11) is 0. The lowest BCUT2D eigenvalue weighted by molar-refractivity contribution is -0.120. The zero-order valence-electron chi connectivity index (χ0n) is 10.1. The average Bonchev–Trinajstić information content (AvgIpc) is 2.38. The Labute approximate surface area is 109 Å². The van der Waals surface area contributed by atoms with Crippen LogP contribution in [0.15, 0.2) is 29.2 Å². The highest BCUT2D eigenvalue weighted by molar-refractivity contribution is 7.79. The Morgan fingerprint density at radius 2 is 2.00 bits per heavy atom. The van der Waals surface area contributed by atoms with Crippen molar-refractivity contribution in [3.8, 4) is 0 Å². The summed E-state index contributed by atoms with van der Waals surface area (Å²) in [4.78, 5) is 15.0. The molecule has 0 radical (unpaired) electrons. The van der Waals surface area contributed by atoms with Gasteiger partial charge in [0.15, 0.2) is 0 Å². The number of anilines is 1. The van der Waals surface area contributed by atoms with E-state index >= 15 is 0 Å². The van der Waals surface area contributed by atoms with E-state index in [1.54, 1.807) is 29.2 Å². The van der Waals surface area contributed by atoms with E-state index in [2.05, 4.69) is 4.90 Å².